The van der Waals surface area contributed by atoms with Gasteiger partial charge in [-0.2, -0.15) is 0 Å². The highest BCUT2D eigenvalue weighted by atomic mass is 32.2. The van der Waals surface area contributed by atoms with Crippen LogP contribution in [-0.2, 0) is 14.6 Å². The summed E-state index contributed by atoms with van der Waals surface area (Å²) in [5, 5.41) is 0. The van der Waals surface area contributed by atoms with Crippen molar-refractivity contribution in [2.24, 2.45) is 5.92 Å². The largest absolute Gasteiger partial charge is 0.298 e. The number of sulfone groups is 1. The molecule has 15 heavy (non-hydrogen) atoms. The molecule has 1 aliphatic heterocycles. The standard InChI is InChI=1S/C11H18O3S/c1-8(2)7-10(12)11(4)9(3)5-6-15(11,13)14/h5,8H,6-7H2,1-4H3. The van der Waals surface area contributed by atoms with Gasteiger partial charge < -0.3 is 0 Å². The van der Waals surface area contributed by atoms with Crippen molar-refractivity contribution < 1.29 is 13.2 Å². The molecule has 0 N–H and O–H groups in total. The molecular weight excluding hydrogens is 212 g/mol. The second kappa shape index (κ2) is 3.74. The Morgan fingerprint density at radius 2 is 2.07 bits per heavy atom. The van der Waals surface area contributed by atoms with Crippen molar-refractivity contribution in [3.8, 4) is 0 Å². The van der Waals surface area contributed by atoms with Gasteiger partial charge in [0.25, 0.3) is 0 Å². The predicted octanol–water partition coefficient (Wildman–Crippen LogP) is 1.74. The molecule has 4 heteroatoms. The maximum absolute atomic E-state index is 12.0. The van der Waals surface area contributed by atoms with Gasteiger partial charge in [0.15, 0.2) is 15.6 Å². The summed E-state index contributed by atoms with van der Waals surface area (Å²) < 4.78 is 22.4. The number of hydrogen-bond donors (Lipinski definition) is 0. The van der Waals surface area contributed by atoms with Gasteiger partial charge in [-0.05, 0) is 25.3 Å². The molecule has 0 fully saturated rings. The van der Waals surface area contributed by atoms with E-state index in [1.54, 1.807) is 13.0 Å². The number of hydrogen-bond acceptors (Lipinski definition) is 3. The van der Waals surface area contributed by atoms with Crippen molar-refractivity contribution in [3.63, 3.8) is 0 Å². The van der Waals surface area contributed by atoms with Gasteiger partial charge in [0.1, 0.15) is 4.75 Å². The summed E-state index contributed by atoms with van der Waals surface area (Å²) in [5.74, 6) is 0.0146. The molecule has 1 rings (SSSR count). The normalized spacial score (nSPS) is 29.3. The van der Waals surface area contributed by atoms with Gasteiger partial charge >= 0.3 is 0 Å². The summed E-state index contributed by atoms with van der Waals surface area (Å²) in [6.45, 7) is 7.10. The predicted molar refractivity (Wildman–Crippen MR) is 60.4 cm³/mol. The fraction of sp³-hybridized carbons (Fsp3) is 0.727. The minimum absolute atomic E-state index is 0.000825. The second-order valence-electron chi connectivity index (χ2n) is 4.72. The third-order valence-electron chi connectivity index (χ3n) is 3.11. The summed E-state index contributed by atoms with van der Waals surface area (Å²) in [5.41, 5.74) is 0.674. The van der Waals surface area contributed by atoms with Gasteiger partial charge in [0, 0.05) is 6.42 Å². The second-order valence-corrected chi connectivity index (χ2v) is 7.10. The highest BCUT2D eigenvalue weighted by Gasteiger charge is 2.49. The van der Waals surface area contributed by atoms with Gasteiger partial charge in [-0.1, -0.05) is 19.9 Å². The van der Waals surface area contributed by atoms with Crippen LogP contribution in [0.15, 0.2) is 11.6 Å². The van der Waals surface area contributed by atoms with Crippen molar-refractivity contribution in [2.45, 2.75) is 38.9 Å². The molecule has 1 aliphatic rings. The minimum Gasteiger partial charge on any atom is -0.298 e. The van der Waals surface area contributed by atoms with Crippen LogP contribution in [-0.4, -0.2) is 24.7 Å². The molecule has 0 aromatic rings. The summed E-state index contributed by atoms with van der Waals surface area (Å²) in [4.78, 5) is 12.0. The fourth-order valence-corrected chi connectivity index (χ4v) is 3.61. The summed E-state index contributed by atoms with van der Waals surface area (Å²) >= 11 is 0. The van der Waals surface area contributed by atoms with Crippen LogP contribution in [0.1, 0.15) is 34.1 Å². The van der Waals surface area contributed by atoms with E-state index in [2.05, 4.69) is 0 Å². The molecule has 3 nitrogen and oxygen atoms in total. The first-order chi connectivity index (χ1) is 6.72. The van der Waals surface area contributed by atoms with Crippen molar-refractivity contribution in [2.75, 3.05) is 5.75 Å². The zero-order chi connectivity index (χ0) is 11.9. The monoisotopic (exact) mass is 230 g/mol. The number of carbonyl (C=O) groups is 1. The Bertz CT molecular complexity index is 404. The van der Waals surface area contributed by atoms with E-state index < -0.39 is 14.6 Å². The SMILES string of the molecule is CC1=CCS(=O)(=O)C1(C)C(=O)CC(C)C. The Labute approximate surface area is 91.5 Å². The molecule has 0 bridgehead atoms. The molecule has 86 valence electrons. The quantitative estimate of drug-likeness (QED) is 0.694. The number of rotatable bonds is 3. The third-order valence-corrected chi connectivity index (χ3v) is 5.51. The van der Waals surface area contributed by atoms with Crippen molar-refractivity contribution in [1.82, 2.24) is 0 Å². The van der Waals surface area contributed by atoms with Gasteiger partial charge in [-0.15, -0.1) is 0 Å². The van der Waals surface area contributed by atoms with Crippen LogP contribution >= 0.6 is 0 Å². The van der Waals surface area contributed by atoms with Crippen LogP contribution < -0.4 is 0 Å². The Balaban J connectivity index is 3.10. The number of Topliss-reactive ketones (excluding diaryl/α,β-unsaturated/α-hetero) is 1. The van der Waals surface area contributed by atoms with Crippen molar-refractivity contribution in [3.05, 3.63) is 11.6 Å². The smallest absolute Gasteiger partial charge is 0.170 e. The van der Waals surface area contributed by atoms with Gasteiger partial charge in [-0.25, -0.2) is 8.42 Å². The van der Waals surface area contributed by atoms with Crippen LogP contribution in [0.25, 0.3) is 0 Å². The Hall–Kier alpha value is -0.640. The lowest BCUT2D eigenvalue weighted by molar-refractivity contribution is -0.120. The zero-order valence-electron chi connectivity index (χ0n) is 9.70. The van der Waals surface area contributed by atoms with Crippen LogP contribution in [0.3, 0.4) is 0 Å². The van der Waals surface area contributed by atoms with E-state index in [-0.39, 0.29) is 17.5 Å². The lowest BCUT2D eigenvalue weighted by Gasteiger charge is -2.24. The molecule has 0 aliphatic carbocycles. The fourth-order valence-electron chi connectivity index (χ4n) is 1.80. The molecule has 0 spiro atoms. The van der Waals surface area contributed by atoms with Gasteiger partial charge in [0.2, 0.25) is 0 Å². The zero-order valence-corrected chi connectivity index (χ0v) is 10.5. The topological polar surface area (TPSA) is 51.2 Å². The molecule has 0 amide bonds. The van der Waals surface area contributed by atoms with E-state index in [1.165, 1.54) is 6.92 Å². The molecule has 1 unspecified atom stereocenters. The Morgan fingerprint density at radius 3 is 2.40 bits per heavy atom. The molecule has 0 saturated carbocycles. The number of carbonyl (C=O) groups excluding carboxylic acids is 1. The lowest BCUT2D eigenvalue weighted by atomic mass is 9.91. The summed E-state index contributed by atoms with van der Waals surface area (Å²) in [7, 11) is -3.32. The molecular formula is C11H18O3S. The maximum Gasteiger partial charge on any atom is 0.170 e. The first kappa shape index (κ1) is 12.4. The highest BCUT2D eigenvalue weighted by Crippen LogP contribution is 2.35. The Morgan fingerprint density at radius 1 is 1.53 bits per heavy atom. The molecule has 0 saturated heterocycles. The number of ketones is 1. The lowest BCUT2D eigenvalue weighted by Crippen LogP contribution is -2.42. The molecule has 0 aromatic heterocycles. The Kier molecular flexibility index (Phi) is 3.10. The molecule has 0 aromatic carbocycles. The van der Waals surface area contributed by atoms with E-state index >= 15 is 0 Å². The average molecular weight is 230 g/mol. The van der Waals surface area contributed by atoms with Crippen molar-refractivity contribution >= 4 is 15.6 Å². The van der Waals surface area contributed by atoms with Crippen LogP contribution in [0.5, 0.6) is 0 Å². The van der Waals surface area contributed by atoms with Gasteiger partial charge in [0.05, 0.1) is 5.75 Å². The van der Waals surface area contributed by atoms with Crippen LogP contribution in [0.2, 0.25) is 0 Å². The van der Waals surface area contributed by atoms with E-state index in [0.717, 1.165) is 0 Å². The van der Waals surface area contributed by atoms with Crippen LogP contribution in [0, 0.1) is 5.92 Å². The first-order valence-electron chi connectivity index (χ1n) is 5.14. The van der Waals surface area contributed by atoms with Crippen molar-refractivity contribution in [1.29, 1.82) is 0 Å². The average Bonchev–Trinajstić information content (AvgIpc) is 2.29. The van der Waals surface area contributed by atoms with E-state index in [4.69, 9.17) is 0 Å². The van der Waals surface area contributed by atoms with E-state index in [9.17, 15) is 13.2 Å². The minimum atomic E-state index is -3.32. The van der Waals surface area contributed by atoms with Gasteiger partial charge in [-0.3, -0.25) is 4.79 Å². The van der Waals surface area contributed by atoms with Crippen LogP contribution in [0.4, 0.5) is 0 Å². The summed E-state index contributed by atoms with van der Waals surface area (Å²) in [6.07, 6.45) is 1.97. The summed E-state index contributed by atoms with van der Waals surface area (Å²) in [6, 6.07) is 0. The third kappa shape index (κ3) is 1.87. The van der Waals surface area contributed by atoms with E-state index in [0.29, 0.717) is 12.0 Å². The maximum atomic E-state index is 12.0. The molecule has 1 atom stereocenters. The highest BCUT2D eigenvalue weighted by molar-refractivity contribution is 7.94. The van der Waals surface area contributed by atoms with E-state index in [1.807, 2.05) is 13.8 Å². The first-order valence-corrected chi connectivity index (χ1v) is 6.80. The molecule has 0 radical (unpaired) electrons. The molecule has 1 heterocycles.